The van der Waals surface area contributed by atoms with Crippen LogP contribution in [0, 0.1) is 11.7 Å². The molecule has 0 spiro atoms. The summed E-state index contributed by atoms with van der Waals surface area (Å²) in [6, 6.07) is 7.40. The summed E-state index contributed by atoms with van der Waals surface area (Å²) in [7, 11) is 0. The first-order valence-electron chi connectivity index (χ1n) is 5.17. The molecule has 2 rings (SSSR count). The SMILES string of the molecule is CC1CNC(C)C1c1ccc(F)cc1. The van der Waals surface area contributed by atoms with Gasteiger partial charge in [-0.3, -0.25) is 0 Å². The van der Waals surface area contributed by atoms with Gasteiger partial charge in [0.15, 0.2) is 0 Å². The zero-order valence-electron chi connectivity index (χ0n) is 8.63. The Hall–Kier alpha value is -0.890. The lowest BCUT2D eigenvalue weighted by Gasteiger charge is -2.19. The standard InChI is InChI=1S/C12H16FN/c1-8-7-14-9(2)12(8)10-3-5-11(13)6-4-10/h3-6,8-9,12,14H,7H2,1-2H3. The third-order valence-corrected chi connectivity index (χ3v) is 3.17. The summed E-state index contributed by atoms with van der Waals surface area (Å²) in [5, 5.41) is 3.44. The minimum Gasteiger partial charge on any atom is -0.313 e. The van der Waals surface area contributed by atoms with E-state index in [0.29, 0.717) is 17.9 Å². The Morgan fingerprint density at radius 3 is 2.36 bits per heavy atom. The fourth-order valence-electron chi connectivity index (χ4n) is 2.42. The summed E-state index contributed by atoms with van der Waals surface area (Å²) in [4.78, 5) is 0. The molecule has 0 amide bonds. The highest BCUT2D eigenvalue weighted by atomic mass is 19.1. The van der Waals surface area contributed by atoms with Gasteiger partial charge in [-0.1, -0.05) is 19.1 Å². The Labute approximate surface area is 84.3 Å². The molecule has 0 aliphatic carbocycles. The second-order valence-electron chi connectivity index (χ2n) is 4.25. The average molecular weight is 193 g/mol. The molecule has 2 heteroatoms. The van der Waals surface area contributed by atoms with Crippen molar-refractivity contribution >= 4 is 0 Å². The van der Waals surface area contributed by atoms with Crippen LogP contribution in [0.3, 0.4) is 0 Å². The molecule has 3 atom stereocenters. The molecular weight excluding hydrogens is 177 g/mol. The summed E-state index contributed by atoms with van der Waals surface area (Å²) in [6.45, 7) is 5.49. The summed E-state index contributed by atoms with van der Waals surface area (Å²) in [5.74, 6) is 1.01. The monoisotopic (exact) mass is 193 g/mol. The smallest absolute Gasteiger partial charge is 0.123 e. The van der Waals surface area contributed by atoms with Gasteiger partial charge in [0.1, 0.15) is 5.82 Å². The minimum atomic E-state index is -0.153. The highest BCUT2D eigenvalue weighted by Crippen LogP contribution is 2.32. The van der Waals surface area contributed by atoms with E-state index in [4.69, 9.17) is 0 Å². The molecule has 0 bridgehead atoms. The van der Waals surface area contributed by atoms with Crippen molar-refractivity contribution in [1.29, 1.82) is 0 Å². The normalized spacial score (nSPS) is 32.1. The Morgan fingerprint density at radius 1 is 1.21 bits per heavy atom. The Morgan fingerprint density at radius 2 is 1.86 bits per heavy atom. The van der Waals surface area contributed by atoms with E-state index in [-0.39, 0.29) is 5.82 Å². The predicted octanol–water partition coefficient (Wildman–Crippen LogP) is 2.54. The van der Waals surface area contributed by atoms with Crippen LogP contribution in [0.15, 0.2) is 24.3 Å². The molecule has 1 heterocycles. The molecule has 76 valence electrons. The van der Waals surface area contributed by atoms with Crippen LogP contribution in [-0.4, -0.2) is 12.6 Å². The van der Waals surface area contributed by atoms with E-state index in [2.05, 4.69) is 19.2 Å². The second-order valence-corrected chi connectivity index (χ2v) is 4.25. The third kappa shape index (κ3) is 1.67. The zero-order chi connectivity index (χ0) is 10.1. The van der Waals surface area contributed by atoms with E-state index in [1.165, 1.54) is 5.56 Å². The molecule has 0 saturated carbocycles. The molecule has 1 aliphatic heterocycles. The van der Waals surface area contributed by atoms with Gasteiger partial charge in [0.25, 0.3) is 0 Å². The van der Waals surface area contributed by atoms with Crippen molar-refractivity contribution in [2.24, 2.45) is 5.92 Å². The van der Waals surface area contributed by atoms with E-state index < -0.39 is 0 Å². The fourth-order valence-corrected chi connectivity index (χ4v) is 2.42. The van der Waals surface area contributed by atoms with Crippen LogP contribution in [0.2, 0.25) is 0 Å². The molecule has 1 aliphatic rings. The van der Waals surface area contributed by atoms with Crippen LogP contribution in [-0.2, 0) is 0 Å². The molecule has 1 aromatic rings. The van der Waals surface area contributed by atoms with Crippen LogP contribution in [0.4, 0.5) is 4.39 Å². The molecule has 14 heavy (non-hydrogen) atoms. The number of halogens is 1. The molecule has 1 saturated heterocycles. The van der Waals surface area contributed by atoms with E-state index in [1.807, 2.05) is 12.1 Å². The first-order chi connectivity index (χ1) is 6.68. The van der Waals surface area contributed by atoms with Gasteiger partial charge in [-0.2, -0.15) is 0 Å². The van der Waals surface area contributed by atoms with Crippen LogP contribution >= 0.6 is 0 Å². The van der Waals surface area contributed by atoms with E-state index >= 15 is 0 Å². The number of hydrogen-bond acceptors (Lipinski definition) is 1. The number of benzene rings is 1. The summed E-state index contributed by atoms with van der Waals surface area (Å²) >= 11 is 0. The van der Waals surface area contributed by atoms with Crippen molar-refractivity contribution in [3.05, 3.63) is 35.6 Å². The predicted molar refractivity (Wildman–Crippen MR) is 55.8 cm³/mol. The zero-order valence-corrected chi connectivity index (χ0v) is 8.63. The Balaban J connectivity index is 2.25. The molecule has 1 fully saturated rings. The van der Waals surface area contributed by atoms with Crippen LogP contribution in [0.5, 0.6) is 0 Å². The molecule has 0 radical (unpaired) electrons. The van der Waals surface area contributed by atoms with Crippen molar-refractivity contribution in [1.82, 2.24) is 5.32 Å². The van der Waals surface area contributed by atoms with Gasteiger partial charge in [0.2, 0.25) is 0 Å². The molecule has 1 nitrogen and oxygen atoms in total. The van der Waals surface area contributed by atoms with Crippen molar-refractivity contribution < 1.29 is 4.39 Å². The first kappa shape index (κ1) is 9.66. The highest BCUT2D eigenvalue weighted by Gasteiger charge is 2.30. The largest absolute Gasteiger partial charge is 0.313 e. The maximum Gasteiger partial charge on any atom is 0.123 e. The van der Waals surface area contributed by atoms with Gasteiger partial charge in [0.05, 0.1) is 0 Å². The number of nitrogens with one attached hydrogen (secondary N) is 1. The molecule has 1 N–H and O–H groups in total. The highest BCUT2D eigenvalue weighted by molar-refractivity contribution is 5.24. The van der Waals surface area contributed by atoms with Gasteiger partial charge >= 0.3 is 0 Å². The molecule has 1 aromatic carbocycles. The average Bonchev–Trinajstić information content (AvgIpc) is 2.49. The van der Waals surface area contributed by atoms with E-state index in [0.717, 1.165) is 6.54 Å². The van der Waals surface area contributed by atoms with Crippen molar-refractivity contribution in [3.63, 3.8) is 0 Å². The van der Waals surface area contributed by atoms with E-state index in [1.54, 1.807) is 12.1 Å². The fraction of sp³-hybridized carbons (Fsp3) is 0.500. The maximum atomic E-state index is 12.8. The summed E-state index contributed by atoms with van der Waals surface area (Å²) < 4.78 is 12.8. The first-order valence-corrected chi connectivity index (χ1v) is 5.17. The van der Waals surface area contributed by atoms with Gasteiger partial charge in [-0.25, -0.2) is 4.39 Å². The quantitative estimate of drug-likeness (QED) is 0.722. The summed E-state index contributed by atoms with van der Waals surface area (Å²) in [6.07, 6.45) is 0. The van der Waals surface area contributed by atoms with Crippen molar-refractivity contribution in [2.45, 2.75) is 25.8 Å². The maximum absolute atomic E-state index is 12.8. The topological polar surface area (TPSA) is 12.0 Å². The molecule has 0 aromatic heterocycles. The lowest BCUT2D eigenvalue weighted by molar-refractivity contribution is 0.518. The van der Waals surface area contributed by atoms with Gasteiger partial charge in [-0.05, 0) is 37.1 Å². The minimum absolute atomic E-state index is 0.153. The second kappa shape index (κ2) is 3.70. The van der Waals surface area contributed by atoms with Crippen molar-refractivity contribution in [2.75, 3.05) is 6.54 Å². The Kier molecular flexibility index (Phi) is 2.55. The van der Waals surface area contributed by atoms with Gasteiger partial charge < -0.3 is 5.32 Å². The van der Waals surface area contributed by atoms with Crippen LogP contribution < -0.4 is 5.32 Å². The lowest BCUT2D eigenvalue weighted by atomic mass is 9.86. The van der Waals surface area contributed by atoms with Crippen molar-refractivity contribution in [3.8, 4) is 0 Å². The Bertz CT molecular complexity index is 297. The number of hydrogen-bond donors (Lipinski definition) is 1. The third-order valence-electron chi connectivity index (χ3n) is 3.17. The van der Waals surface area contributed by atoms with Gasteiger partial charge in [-0.15, -0.1) is 0 Å². The molecular formula is C12H16FN. The van der Waals surface area contributed by atoms with Gasteiger partial charge in [0, 0.05) is 12.0 Å². The molecule has 3 unspecified atom stereocenters. The van der Waals surface area contributed by atoms with Crippen LogP contribution in [0.1, 0.15) is 25.3 Å². The van der Waals surface area contributed by atoms with E-state index in [9.17, 15) is 4.39 Å². The van der Waals surface area contributed by atoms with Crippen LogP contribution in [0.25, 0.3) is 0 Å². The lowest BCUT2D eigenvalue weighted by Crippen LogP contribution is -2.21. The number of rotatable bonds is 1. The summed E-state index contributed by atoms with van der Waals surface area (Å²) in [5.41, 5.74) is 1.25.